The summed E-state index contributed by atoms with van der Waals surface area (Å²) in [5, 5.41) is 1.03. The molecule has 1 aliphatic rings. The Balaban J connectivity index is 1.49. The number of hydrogen-bond donors (Lipinski definition) is 2. The molecule has 1 unspecified atom stereocenters. The summed E-state index contributed by atoms with van der Waals surface area (Å²) in [6.07, 6.45) is 2.98. The number of carbonyl (C=O) groups excluding carboxylic acids is 2. The van der Waals surface area contributed by atoms with Gasteiger partial charge >= 0.3 is 0 Å². The van der Waals surface area contributed by atoms with Crippen LogP contribution in [-0.2, 0) is 6.54 Å². The molecule has 5 rings (SSSR count). The van der Waals surface area contributed by atoms with E-state index in [1.807, 2.05) is 0 Å². The lowest BCUT2D eigenvalue weighted by Gasteiger charge is -2.27. The summed E-state index contributed by atoms with van der Waals surface area (Å²) in [7, 11) is 0. The average Bonchev–Trinajstić information content (AvgIpc) is 3.49. The van der Waals surface area contributed by atoms with E-state index >= 15 is 0 Å². The van der Waals surface area contributed by atoms with Crippen molar-refractivity contribution in [2.24, 2.45) is 5.73 Å². The van der Waals surface area contributed by atoms with Crippen LogP contribution in [0.1, 0.15) is 49.9 Å². The van der Waals surface area contributed by atoms with Crippen molar-refractivity contribution in [3.8, 4) is 23.7 Å². The van der Waals surface area contributed by atoms with Gasteiger partial charge in [0.25, 0.3) is 11.8 Å². The van der Waals surface area contributed by atoms with Gasteiger partial charge in [-0.2, -0.15) is 0 Å². The summed E-state index contributed by atoms with van der Waals surface area (Å²) >= 11 is 6.28. The topological polar surface area (TPSA) is 92.1 Å². The number of rotatable bonds is 4. The van der Waals surface area contributed by atoms with Crippen LogP contribution in [0.2, 0.25) is 5.02 Å². The molecule has 1 atom stereocenters. The number of nitrogens with two attached hydrogens (primary N) is 1. The molecule has 0 spiro atoms. The number of aromatic nitrogens is 2. The molecular formula is C28H17ClF2N4O2. The zero-order valence-corrected chi connectivity index (χ0v) is 19.9. The number of H-pyrrole nitrogens is 1. The number of carbonyl (C=O) groups is 2. The number of benzene rings is 2. The molecule has 2 aromatic heterocycles. The molecule has 2 aromatic carbocycles. The molecule has 3 heterocycles. The molecule has 0 saturated carbocycles. The van der Waals surface area contributed by atoms with Crippen LogP contribution in [0.15, 0.2) is 54.9 Å². The lowest BCUT2D eigenvalue weighted by atomic mass is 10.0. The van der Waals surface area contributed by atoms with Gasteiger partial charge in [0.15, 0.2) is 0 Å². The fraction of sp³-hybridized carbons (Fsp3) is 0.107. The smallest absolute Gasteiger partial charge is 0.255 e. The average molecular weight is 515 g/mol. The molecule has 9 heteroatoms. The van der Waals surface area contributed by atoms with Crippen LogP contribution in [0.25, 0.3) is 11.0 Å². The zero-order valence-electron chi connectivity index (χ0n) is 19.1. The van der Waals surface area contributed by atoms with Gasteiger partial charge in [-0.1, -0.05) is 29.5 Å². The molecule has 0 bridgehead atoms. The molecule has 1 aliphatic heterocycles. The summed E-state index contributed by atoms with van der Waals surface area (Å²) < 4.78 is 28.8. The third kappa shape index (κ3) is 4.51. The van der Waals surface area contributed by atoms with E-state index in [9.17, 15) is 18.4 Å². The fourth-order valence-corrected chi connectivity index (χ4v) is 4.58. The lowest BCUT2D eigenvalue weighted by Crippen LogP contribution is -2.29. The van der Waals surface area contributed by atoms with Gasteiger partial charge in [-0.15, -0.1) is 0 Å². The van der Waals surface area contributed by atoms with Crippen molar-refractivity contribution in [3.63, 3.8) is 0 Å². The Kier molecular flexibility index (Phi) is 6.35. The number of fused-ring (bicyclic) bond motifs is 2. The Hall–Kier alpha value is -4.66. The summed E-state index contributed by atoms with van der Waals surface area (Å²) in [5.41, 5.74) is 7.55. The molecule has 0 saturated heterocycles. The number of halogens is 3. The van der Waals surface area contributed by atoms with Crippen molar-refractivity contribution in [2.75, 3.05) is 0 Å². The molecular weight excluding hydrogens is 498 g/mol. The summed E-state index contributed by atoms with van der Waals surface area (Å²) in [4.78, 5) is 33.5. The first-order chi connectivity index (χ1) is 17.8. The van der Waals surface area contributed by atoms with E-state index in [2.05, 4.69) is 33.6 Å². The first kappa shape index (κ1) is 24.1. The van der Waals surface area contributed by atoms with Crippen molar-refractivity contribution in [1.29, 1.82) is 0 Å². The predicted octanol–water partition coefficient (Wildman–Crippen LogP) is 4.74. The number of nitrogens with one attached hydrogen (secondary N) is 1. The monoisotopic (exact) mass is 514 g/mol. The van der Waals surface area contributed by atoms with E-state index in [-0.39, 0.29) is 30.0 Å². The van der Waals surface area contributed by atoms with Gasteiger partial charge in [-0.05, 0) is 48.2 Å². The minimum absolute atomic E-state index is 0.00119. The van der Waals surface area contributed by atoms with Crippen LogP contribution < -0.4 is 5.73 Å². The number of aromatic amines is 1. The SMILES string of the molecule is NC(=O)c1cnc2[nH]ccc2c1C#CC#CCC(c1cc(F)ccc1F)N1Cc2c(Cl)cccc2C1=O. The van der Waals surface area contributed by atoms with E-state index in [4.69, 9.17) is 17.3 Å². The second kappa shape index (κ2) is 9.77. The molecule has 0 fully saturated rings. The third-order valence-electron chi connectivity index (χ3n) is 6.12. The van der Waals surface area contributed by atoms with Crippen molar-refractivity contribution < 1.29 is 18.4 Å². The maximum absolute atomic E-state index is 14.8. The zero-order chi connectivity index (χ0) is 26.1. The Morgan fingerprint density at radius 2 is 2.05 bits per heavy atom. The summed E-state index contributed by atoms with van der Waals surface area (Å²) in [6, 6.07) is 8.90. The minimum atomic E-state index is -0.889. The predicted molar refractivity (Wildman–Crippen MR) is 134 cm³/mol. The molecule has 37 heavy (non-hydrogen) atoms. The second-order valence-corrected chi connectivity index (χ2v) is 8.69. The highest BCUT2D eigenvalue weighted by Gasteiger charge is 2.35. The van der Waals surface area contributed by atoms with Crippen LogP contribution in [0, 0.1) is 35.3 Å². The molecule has 6 nitrogen and oxygen atoms in total. The number of primary amides is 1. The van der Waals surface area contributed by atoms with Crippen molar-refractivity contribution in [3.05, 3.63) is 99.3 Å². The van der Waals surface area contributed by atoms with Gasteiger partial charge in [-0.3, -0.25) is 9.59 Å². The van der Waals surface area contributed by atoms with Gasteiger partial charge in [0, 0.05) is 52.5 Å². The van der Waals surface area contributed by atoms with Gasteiger partial charge in [-0.25, -0.2) is 13.8 Å². The van der Waals surface area contributed by atoms with Crippen LogP contribution >= 0.6 is 11.6 Å². The van der Waals surface area contributed by atoms with Gasteiger partial charge in [0.05, 0.1) is 17.2 Å². The van der Waals surface area contributed by atoms with E-state index < -0.39 is 23.6 Å². The number of nitrogens with zero attached hydrogens (tertiary/aromatic N) is 2. The fourth-order valence-electron chi connectivity index (χ4n) is 4.34. The van der Waals surface area contributed by atoms with Crippen LogP contribution in [-0.4, -0.2) is 26.7 Å². The standard InChI is InChI=1S/C28H17ClF2N4O2/c29-23-7-4-6-19-22(23)15-35(28(19)37)25(20-13-16(30)9-10-24(20)31)8-3-1-2-5-17-18-11-12-33-27(18)34-14-21(17)26(32)36/h4,6-7,9-14,25H,8,15H2,(H2,32,36)(H,33,34). The van der Waals surface area contributed by atoms with Gasteiger partial charge < -0.3 is 15.6 Å². The number of hydrogen-bond acceptors (Lipinski definition) is 3. The molecule has 4 aromatic rings. The normalized spacial score (nSPS) is 12.9. The highest BCUT2D eigenvalue weighted by molar-refractivity contribution is 6.32. The lowest BCUT2D eigenvalue weighted by molar-refractivity contribution is 0.0700. The molecule has 3 N–H and O–H groups in total. The van der Waals surface area contributed by atoms with E-state index in [0.717, 1.165) is 18.2 Å². The van der Waals surface area contributed by atoms with Crippen LogP contribution in [0.3, 0.4) is 0 Å². The van der Waals surface area contributed by atoms with Crippen LogP contribution in [0.5, 0.6) is 0 Å². The molecule has 182 valence electrons. The molecule has 0 radical (unpaired) electrons. The second-order valence-electron chi connectivity index (χ2n) is 8.29. The molecule has 0 aliphatic carbocycles. The Morgan fingerprint density at radius 3 is 2.84 bits per heavy atom. The van der Waals surface area contributed by atoms with E-state index in [1.165, 1.54) is 11.1 Å². The minimum Gasteiger partial charge on any atom is -0.366 e. The van der Waals surface area contributed by atoms with Gasteiger partial charge in [0.1, 0.15) is 17.3 Å². The summed E-state index contributed by atoms with van der Waals surface area (Å²) in [5.74, 6) is 8.74. The van der Waals surface area contributed by atoms with Gasteiger partial charge in [0.2, 0.25) is 0 Å². The third-order valence-corrected chi connectivity index (χ3v) is 6.47. The maximum atomic E-state index is 14.8. The number of pyridine rings is 1. The van der Waals surface area contributed by atoms with Crippen molar-refractivity contribution in [2.45, 2.75) is 19.0 Å². The maximum Gasteiger partial charge on any atom is 0.255 e. The first-order valence-corrected chi connectivity index (χ1v) is 11.5. The Labute approximate surface area is 215 Å². The first-order valence-electron chi connectivity index (χ1n) is 11.1. The highest BCUT2D eigenvalue weighted by Crippen LogP contribution is 2.37. The largest absolute Gasteiger partial charge is 0.366 e. The van der Waals surface area contributed by atoms with Crippen molar-refractivity contribution in [1.82, 2.24) is 14.9 Å². The molecule has 2 amide bonds. The van der Waals surface area contributed by atoms with Crippen molar-refractivity contribution >= 4 is 34.4 Å². The quantitative estimate of drug-likeness (QED) is 0.385. The van der Waals surface area contributed by atoms with Crippen LogP contribution in [0.4, 0.5) is 8.78 Å². The van der Waals surface area contributed by atoms with E-state index in [0.29, 0.717) is 32.7 Å². The van der Waals surface area contributed by atoms with E-state index in [1.54, 1.807) is 30.5 Å². The Morgan fingerprint density at radius 1 is 1.22 bits per heavy atom. The Bertz CT molecular complexity index is 1710. The number of amides is 2. The highest BCUT2D eigenvalue weighted by atomic mass is 35.5. The summed E-state index contributed by atoms with van der Waals surface area (Å²) in [6.45, 7) is 0.131.